The van der Waals surface area contributed by atoms with Crippen LogP contribution >= 0.6 is 0 Å². The van der Waals surface area contributed by atoms with Crippen molar-refractivity contribution in [1.29, 1.82) is 0 Å². The van der Waals surface area contributed by atoms with Crippen molar-refractivity contribution in [2.24, 2.45) is 0 Å². The first-order chi connectivity index (χ1) is 12.1. The summed E-state index contributed by atoms with van der Waals surface area (Å²) in [7, 11) is 0. The van der Waals surface area contributed by atoms with Crippen LogP contribution in [0.25, 0.3) is 0 Å². The van der Waals surface area contributed by atoms with Crippen molar-refractivity contribution in [1.82, 2.24) is 10.1 Å². The highest BCUT2D eigenvalue weighted by atomic mass is 19.4. The molecular weight excluding hydrogens is 361 g/mol. The summed E-state index contributed by atoms with van der Waals surface area (Å²) in [6.07, 6.45) is -5.02. The van der Waals surface area contributed by atoms with E-state index in [9.17, 15) is 26.7 Å². The smallest absolute Gasteiger partial charge is 0.368 e. The van der Waals surface area contributed by atoms with Gasteiger partial charge in [-0.1, -0.05) is 5.16 Å². The fourth-order valence-electron chi connectivity index (χ4n) is 2.88. The summed E-state index contributed by atoms with van der Waals surface area (Å²) in [4.78, 5) is 13.6. The molecule has 0 atom stereocenters. The van der Waals surface area contributed by atoms with Gasteiger partial charge in [-0.3, -0.25) is 4.79 Å². The van der Waals surface area contributed by atoms with Crippen molar-refractivity contribution < 1.29 is 31.3 Å². The van der Waals surface area contributed by atoms with Crippen molar-refractivity contribution in [3.05, 3.63) is 46.9 Å². The number of rotatable bonds is 2. The fraction of sp³-hybridized carbons (Fsp3) is 0.375. The number of likely N-dealkylation sites (tertiary alicyclic amines) is 1. The molecule has 0 saturated carbocycles. The van der Waals surface area contributed by atoms with Crippen LogP contribution in [0.3, 0.4) is 0 Å². The number of anilines is 1. The van der Waals surface area contributed by atoms with Crippen molar-refractivity contribution >= 4 is 11.8 Å². The highest BCUT2D eigenvalue weighted by Crippen LogP contribution is 2.37. The summed E-state index contributed by atoms with van der Waals surface area (Å²) in [5, 5.41) is 3.55. The summed E-state index contributed by atoms with van der Waals surface area (Å²) >= 11 is 0. The van der Waals surface area contributed by atoms with Gasteiger partial charge in [-0.2, -0.15) is 13.2 Å². The molecule has 1 aromatic carbocycles. The van der Waals surface area contributed by atoms with E-state index >= 15 is 0 Å². The largest absolute Gasteiger partial charge is 0.419 e. The second-order valence-corrected chi connectivity index (χ2v) is 6.06. The number of halogens is 5. The first-order valence-electron chi connectivity index (χ1n) is 7.68. The first-order valence-corrected chi connectivity index (χ1v) is 7.68. The summed E-state index contributed by atoms with van der Waals surface area (Å²) in [5.41, 5.74) is 1.92. The zero-order valence-electron chi connectivity index (χ0n) is 13.3. The zero-order valence-corrected chi connectivity index (χ0v) is 13.3. The van der Waals surface area contributed by atoms with Crippen LogP contribution in [0, 0.1) is 5.82 Å². The Morgan fingerprint density at radius 1 is 1.23 bits per heavy atom. The monoisotopic (exact) mass is 375 g/mol. The van der Waals surface area contributed by atoms with Gasteiger partial charge in [-0.15, -0.1) is 0 Å². The second-order valence-electron chi connectivity index (χ2n) is 6.06. The van der Waals surface area contributed by atoms with Gasteiger partial charge < -0.3 is 15.2 Å². The van der Waals surface area contributed by atoms with Gasteiger partial charge in [-0.05, 0) is 18.2 Å². The number of nitrogens with two attached hydrogens (primary N) is 1. The van der Waals surface area contributed by atoms with Gasteiger partial charge in [0.2, 0.25) is 5.88 Å². The Balaban J connectivity index is 1.72. The van der Waals surface area contributed by atoms with Gasteiger partial charge in [0.25, 0.3) is 5.91 Å². The van der Waals surface area contributed by atoms with Crippen LogP contribution in [0.1, 0.15) is 34.5 Å². The highest BCUT2D eigenvalue weighted by Gasteiger charge is 2.40. The number of benzene rings is 1. The molecule has 0 spiro atoms. The van der Waals surface area contributed by atoms with Crippen molar-refractivity contribution in [2.45, 2.75) is 24.7 Å². The zero-order chi connectivity index (χ0) is 19.1. The normalized spacial score (nSPS) is 17.3. The summed E-state index contributed by atoms with van der Waals surface area (Å²) in [5.74, 6) is -2.23. The van der Waals surface area contributed by atoms with Crippen LogP contribution in [-0.2, 0) is 11.8 Å². The number of carbonyl (C=O) groups is 1. The third-order valence-electron chi connectivity index (χ3n) is 4.35. The molecule has 1 aliphatic rings. The third kappa shape index (κ3) is 3.35. The maximum Gasteiger partial charge on any atom is 0.419 e. The Labute approximate surface area is 144 Å². The van der Waals surface area contributed by atoms with Crippen molar-refractivity contribution in [3.63, 3.8) is 0 Å². The second kappa shape index (κ2) is 6.26. The molecule has 26 heavy (non-hydrogen) atoms. The molecule has 0 radical (unpaired) electrons. The molecule has 1 aliphatic heterocycles. The number of carbonyl (C=O) groups excluding carboxylic acids is 1. The van der Waals surface area contributed by atoms with Gasteiger partial charge in [-0.25, -0.2) is 8.78 Å². The van der Waals surface area contributed by atoms with E-state index in [1.165, 1.54) is 11.0 Å². The molecule has 1 aromatic heterocycles. The molecule has 2 heterocycles. The maximum absolute atomic E-state index is 14.9. The van der Waals surface area contributed by atoms with Crippen LogP contribution in [0.2, 0.25) is 0 Å². The average Bonchev–Trinajstić information content (AvgIpc) is 3.01. The quantitative estimate of drug-likeness (QED) is 0.816. The molecule has 1 amide bonds. The van der Waals surface area contributed by atoms with Gasteiger partial charge in [0.1, 0.15) is 11.5 Å². The van der Waals surface area contributed by atoms with E-state index in [-0.39, 0.29) is 43.1 Å². The Morgan fingerprint density at radius 2 is 1.88 bits per heavy atom. The number of alkyl halides is 4. The number of nitrogen functional groups attached to an aromatic ring is 1. The number of hydrogen-bond acceptors (Lipinski definition) is 4. The predicted octanol–water partition coefficient (Wildman–Crippen LogP) is 3.52. The van der Waals surface area contributed by atoms with Gasteiger partial charge in [0.05, 0.1) is 5.56 Å². The summed E-state index contributed by atoms with van der Waals surface area (Å²) < 4.78 is 71.0. The molecular formula is C16H14F5N3O2. The lowest BCUT2D eigenvalue weighted by Crippen LogP contribution is -2.43. The van der Waals surface area contributed by atoms with E-state index < -0.39 is 29.1 Å². The van der Waals surface area contributed by atoms with Gasteiger partial charge >= 0.3 is 6.18 Å². The minimum Gasteiger partial charge on any atom is -0.368 e. The molecule has 1 saturated heterocycles. The minimum absolute atomic E-state index is 0.00919. The van der Waals surface area contributed by atoms with E-state index in [0.29, 0.717) is 12.1 Å². The lowest BCUT2D eigenvalue weighted by Gasteiger charge is -2.35. The Morgan fingerprint density at radius 3 is 2.38 bits per heavy atom. The molecule has 10 heteroatoms. The Bertz CT molecular complexity index is 826. The topological polar surface area (TPSA) is 72.4 Å². The molecule has 2 aromatic rings. The van der Waals surface area contributed by atoms with Crippen LogP contribution in [0.4, 0.5) is 27.8 Å². The summed E-state index contributed by atoms with van der Waals surface area (Å²) in [6.45, 7) is -0.0184. The summed E-state index contributed by atoms with van der Waals surface area (Å²) in [6, 6.07) is 3.23. The molecule has 3 rings (SSSR count). The SMILES string of the molecule is Nc1cc(C2(F)CCN(C(=O)c3ccc(C(F)(F)F)c(F)c3)CC2)no1. The van der Waals surface area contributed by atoms with E-state index in [2.05, 4.69) is 9.68 Å². The number of amides is 1. The van der Waals surface area contributed by atoms with E-state index in [1.54, 1.807) is 0 Å². The molecule has 140 valence electrons. The van der Waals surface area contributed by atoms with E-state index in [1.807, 2.05) is 0 Å². The first kappa shape index (κ1) is 18.2. The molecule has 5 nitrogen and oxygen atoms in total. The standard InChI is InChI=1S/C16H14F5N3O2/c17-11-7-9(1-2-10(11)16(19,20)21)14(25)24-5-3-15(18,4-6-24)12-8-13(22)26-23-12/h1-2,7-8H,3-6,22H2. The van der Waals surface area contributed by atoms with Crippen LogP contribution < -0.4 is 5.73 Å². The third-order valence-corrected chi connectivity index (χ3v) is 4.35. The molecule has 2 N–H and O–H groups in total. The Hall–Kier alpha value is -2.65. The lowest BCUT2D eigenvalue weighted by atomic mass is 9.89. The van der Waals surface area contributed by atoms with Crippen LogP contribution in [-0.4, -0.2) is 29.1 Å². The minimum atomic E-state index is -4.84. The van der Waals surface area contributed by atoms with Gasteiger partial charge in [0.15, 0.2) is 5.67 Å². The number of aromatic nitrogens is 1. The average molecular weight is 375 g/mol. The fourth-order valence-corrected chi connectivity index (χ4v) is 2.88. The number of hydrogen-bond donors (Lipinski definition) is 1. The predicted molar refractivity (Wildman–Crippen MR) is 80.2 cm³/mol. The lowest BCUT2D eigenvalue weighted by molar-refractivity contribution is -0.140. The van der Waals surface area contributed by atoms with E-state index in [0.717, 1.165) is 6.07 Å². The van der Waals surface area contributed by atoms with E-state index in [4.69, 9.17) is 5.73 Å². The Kier molecular flexibility index (Phi) is 4.37. The molecule has 0 bridgehead atoms. The highest BCUT2D eigenvalue weighted by molar-refractivity contribution is 5.94. The van der Waals surface area contributed by atoms with Crippen molar-refractivity contribution in [2.75, 3.05) is 18.8 Å². The molecule has 0 unspecified atom stereocenters. The number of nitrogens with zero attached hydrogens (tertiary/aromatic N) is 2. The van der Waals surface area contributed by atoms with Crippen LogP contribution in [0.15, 0.2) is 28.8 Å². The van der Waals surface area contributed by atoms with Crippen LogP contribution in [0.5, 0.6) is 0 Å². The number of piperidine rings is 1. The molecule has 1 fully saturated rings. The van der Waals surface area contributed by atoms with Crippen molar-refractivity contribution in [3.8, 4) is 0 Å². The maximum atomic E-state index is 14.9. The van der Waals surface area contributed by atoms with Gasteiger partial charge in [0, 0.05) is 37.6 Å². The molecule has 0 aliphatic carbocycles.